The predicted octanol–water partition coefficient (Wildman–Crippen LogP) is 4.79. The number of carbonyl (C=O) groups excluding carboxylic acids is 1. The van der Waals surface area contributed by atoms with Crippen LogP contribution < -0.4 is 5.32 Å². The minimum atomic E-state index is -0.0819. The Kier molecular flexibility index (Phi) is 6.02. The van der Waals surface area contributed by atoms with Crippen molar-refractivity contribution in [2.75, 3.05) is 11.1 Å². The molecule has 144 valence electrons. The van der Waals surface area contributed by atoms with Crippen molar-refractivity contribution >= 4 is 23.4 Å². The van der Waals surface area contributed by atoms with Crippen LogP contribution in [0, 0.1) is 0 Å². The zero-order valence-corrected chi connectivity index (χ0v) is 16.5. The van der Waals surface area contributed by atoms with Crippen molar-refractivity contribution in [3.05, 3.63) is 96.1 Å². The fourth-order valence-corrected chi connectivity index (χ4v) is 3.56. The SMILES string of the molecule is O=C(CSc1n[nH]c(-c2ccccc2)n1)Nc1ccccc1Cc1ccccc1. The Bertz CT molecular complexity index is 1080. The molecule has 1 aromatic heterocycles. The van der Waals surface area contributed by atoms with Gasteiger partial charge in [0.05, 0.1) is 5.75 Å². The first-order valence-electron chi connectivity index (χ1n) is 9.30. The predicted molar refractivity (Wildman–Crippen MR) is 117 cm³/mol. The number of rotatable bonds is 7. The van der Waals surface area contributed by atoms with Crippen molar-refractivity contribution in [2.24, 2.45) is 0 Å². The van der Waals surface area contributed by atoms with Crippen LogP contribution in [0.3, 0.4) is 0 Å². The topological polar surface area (TPSA) is 70.7 Å². The number of amides is 1. The summed E-state index contributed by atoms with van der Waals surface area (Å²) in [5.74, 6) is 0.856. The highest BCUT2D eigenvalue weighted by atomic mass is 32.2. The Morgan fingerprint density at radius 2 is 1.59 bits per heavy atom. The van der Waals surface area contributed by atoms with Gasteiger partial charge in [0.15, 0.2) is 5.82 Å². The molecule has 0 unspecified atom stereocenters. The zero-order chi connectivity index (χ0) is 19.9. The third-order valence-corrected chi connectivity index (χ3v) is 5.22. The van der Waals surface area contributed by atoms with Crippen molar-refractivity contribution in [1.29, 1.82) is 0 Å². The quantitative estimate of drug-likeness (QED) is 0.438. The molecule has 0 aliphatic carbocycles. The summed E-state index contributed by atoms with van der Waals surface area (Å²) < 4.78 is 0. The molecular formula is C23H20N4OS. The summed E-state index contributed by atoms with van der Waals surface area (Å²) in [7, 11) is 0. The van der Waals surface area contributed by atoms with Crippen molar-refractivity contribution in [3.63, 3.8) is 0 Å². The van der Waals surface area contributed by atoms with E-state index in [1.165, 1.54) is 17.3 Å². The van der Waals surface area contributed by atoms with Crippen LogP contribution in [0.2, 0.25) is 0 Å². The van der Waals surface area contributed by atoms with Gasteiger partial charge in [0.2, 0.25) is 11.1 Å². The molecule has 1 amide bonds. The van der Waals surface area contributed by atoms with E-state index in [2.05, 4.69) is 32.6 Å². The van der Waals surface area contributed by atoms with Crippen LogP contribution >= 0.6 is 11.8 Å². The number of nitrogens with zero attached hydrogens (tertiary/aromatic N) is 2. The average Bonchev–Trinajstić information content (AvgIpc) is 3.24. The maximum atomic E-state index is 12.5. The molecule has 0 bridgehead atoms. The Morgan fingerprint density at radius 1 is 0.897 bits per heavy atom. The Labute approximate surface area is 173 Å². The molecule has 0 saturated heterocycles. The van der Waals surface area contributed by atoms with Crippen LogP contribution in [-0.2, 0) is 11.2 Å². The summed E-state index contributed by atoms with van der Waals surface area (Å²) in [4.78, 5) is 16.9. The molecule has 2 N–H and O–H groups in total. The summed E-state index contributed by atoms with van der Waals surface area (Å²) in [6.45, 7) is 0. The fraction of sp³-hybridized carbons (Fsp3) is 0.0870. The number of aromatic amines is 1. The molecule has 4 rings (SSSR count). The van der Waals surface area contributed by atoms with Gasteiger partial charge in [0.25, 0.3) is 0 Å². The highest BCUT2D eigenvalue weighted by Gasteiger charge is 2.11. The third-order valence-electron chi connectivity index (χ3n) is 4.37. The number of H-pyrrole nitrogens is 1. The number of nitrogens with one attached hydrogen (secondary N) is 2. The number of anilines is 1. The standard InChI is InChI=1S/C23H20N4OS/c28-21(16-29-23-25-22(26-27-23)18-11-5-2-6-12-18)24-20-14-8-7-13-19(20)15-17-9-3-1-4-10-17/h1-14H,15-16H2,(H,24,28)(H,25,26,27). The first-order chi connectivity index (χ1) is 14.3. The first-order valence-corrected chi connectivity index (χ1v) is 10.3. The number of hydrogen-bond donors (Lipinski definition) is 2. The van der Waals surface area contributed by atoms with E-state index < -0.39 is 0 Å². The lowest BCUT2D eigenvalue weighted by Crippen LogP contribution is -2.15. The number of hydrogen-bond acceptors (Lipinski definition) is 4. The Hall–Kier alpha value is -3.38. The molecule has 3 aromatic carbocycles. The van der Waals surface area contributed by atoms with Crippen LogP contribution in [0.1, 0.15) is 11.1 Å². The molecule has 1 heterocycles. The maximum Gasteiger partial charge on any atom is 0.234 e. The van der Waals surface area contributed by atoms with Gasteiger partial charge in [-0.1, -0.05) is 90.6 Å². The normalized spacial score (nSPS) is 10.6. The molecule has 6 heteroatoms. The second-order valence-electron chi connectivity index (χ2n) is 6.49. The lowest BCUT2D eigenvalue weighted by atomic mass is 10.0. The second kappa shape index (κ2) is 9.21. The molecule has 0 radical (unpaired) electrons. The number of thioether (sulfide) groups is 1. The smallest absolute Gasteiger partial charge is 0.234 e. The molecule has 0 saturated carbocycles. The molecule has 0 aliphatic heterocycles. The molecule has 0 fully saturated rings. The van der Waals surface area contributed by atoms with E-state index in [9.17, 15) is 4.79 Å². The Balaban J connectivity index is 1.36. The highest BCUT2D eigenvalue weighted by molar-refractivity contribution is 7.99. The lowest BCUT2D eigenvalue weighted by molar-refractivity contribution is -0.113. The number of carbonyl (C=O) groups is 1. The fourth-order valence-electron chi connectivity index (χ4n) is 2.96. The molecule has 0 atom stereocenters. The molecule has 0 spiro atoms. The molecule has 5 nitrogen and oxygen atoms in total. The molecular weight excluding hydrogens is 380 g/mol. The van der Waals surface area contributed by atoms with E-state index in [4.69, 9.17) is 0 Å². The second-order valence-corrected chi connectivity index (χ2v) is 7.43. The summed E-state index contributed by atoms with van der Waals surface area (Å²) in [6.07, 6.45) is 0.770. The van der Waals surface area contributed by atoms with Gasteiger partial charge < -0.3 is 5.32 Å². The van der Waals surface area contributed by atoms with E-state index >= 15 is 0 Å². The molecule has 0 aliphatic rings. The average molecular weight is 401 g/mol. The van der Waals surface area contributed by atoms with E-state index in [0.717, 1.165) is 23.2 Å². The minimum absolute atomic E-state index is 0.0819. The summed E-state index contributed by atoms with van der Waals surface area (Å²) in [6, 6.07) is 27.9. The monoisotopic (exact) mass is 400 g/mol. The van der Waals surface area contributed by atoms with Gasteiger partial charge in [-0.15, -0.1) is 5.10 Å². The largest absolute Gasteiger partial charge is 0.325 e. The van der Waals surface area contributed by atoms with E-state index in [-0.39, 0.29) is 11.7 Å². The molecule has 29 heavy (non-hydrogen) atoms. The first kappa shape index (κ1) is 19.0. The van der Waals surface area contributed by atoms with Crippen molar-refractivity contribution in [3.8, 4) is 11.4 Å². The lowest BCUT2D eigenvalue weighted by Gasteiger charge is -2.11. The summed E-state index contributed by atoms with van der Waals surface area (Å²) in [5, 5.41) is 10.7. The number of para-hydroxylation sites is 1. The third kappa shape index (κ3) is 5.12. The van der Waals surface area contributed by atoms with Gasteiger partial charge in [0.1, 0.15) is 0 Å². The number of benzene rings is 3. The van der Waals surface area contributed by atoms with Crippen molar-refractivity contribution in [1.82, 2.24) is 15.2 Å². The summed E-state index contributed by atoms with van der Waals surface area (Å²) >= 11 is 1.31. The van der Waals surface area contributed by atoms with Crippen LogP contribution in [0.15, 0.2) is 90.1 Å². The van der Waals surface area contributed by atoms with Gasteiger partial charge in [-0.25, -0.2) is 4.98 Å². The summed E-state index contributed by atoms with van der Waals surface area (Å²) in [5.41, 5.74) is 4.09. The van der Waals surface area contributed by atoms with E-state index in [1.54, 1.807) is 0 Å². The van der Waals surface area contributed by atoms with E-state index in [0.29, 0.717) is 11.0 Å². The van der Waals surface area contributed by atoms with Crippen molar-refractivity contribution < 1.29 is 4.79 Å². The Morgan fingerprint density at radius 3 is 2.38 bits per heavy atom. The number of aromatic nitrogens is 3. The van der Waals surface area contributed by atoms with Crippen LogP contribution in [0.25, 0.3) is 11.4 Å². The van der Waals surface area contributed by atoms with E-state index in [1.807, 2.05) is 72.8 Å². The van der Waals surface area contributed by atoms with Crippen LogP contribution in [0.4, 0.5) is 5.69 Å². The van der Waals surface area contributed by atoms with Gasteiger partial charge in [-0.2, -0.15) is 0 Å². The van der Waals surface area contributed by atoms with Gasteiger partial charge in [0, 0.05) is 11.3 Å². The van der Waals surface area contributed by atoms with Crippen LogP contribution in [-0.4, -0.2) is 26.8 Å². The van der Waals surface area contributed by atoms with Gasteiger partial charge in [-0.05, 0) is 23.6 Å². The molecule has 4 aromatic rings. The highest BCUT2D eigenvalue weighted by Crippen LogP contribution is 2.21. The zero-order valence-electron chi connectivity index (χ0n) is 15.7. The van der Waals surface area contributed by atoms with Gasteiger partial charge in [-0.3, -0.25) is 9.89 Å². The maximum absolute atomic E-state index is 12.5. The minimum Gasteiger partial charge on any atom is -0.325 e. The van der Waals surface area contributed by atoms with Gasteiger partial charge >= 0.3 is 0 Å². The van der Waals surface area contributed by atoms with Crippen LogP contribution in [0.5, 0.6) is 0 Å². The van der Waals surface area contributed by atoms with Crippen molar-refractivity contribution in [2.45, 2.75) is 11.6 Å².